The van der Waals surface area contributed by atoms with Crippen molar-refractivity contribution in [2.75, 3.05) is 20.2 Å². The van der Waals surface area contributed by atoms with E-state index in [0.29, 0.717) is 19.7 Å². The van der Waals surface area contributed by atoms with Crippen LogP contribution in [0.25, 0.3) is 0 Å². The molecule has 7 heteroatoms. The molecule has 0 saturated carbocycles. The van der Waals surface area contributed by atoms with E-state index >= 15 is 0 Å². The van der Waals surface area contributed by atoms with Gasteiger partial charge in [-0.15, -0.1) is 0 Å². The van der Waals surface area contributed by atoms with Crippen molar-refractivity contribution in [3.05, 3.63) is 43.0 Å². The van der Waals surface area contributed by atoms with Gasteiger partial charge in [-0.2, -0.15) is 0 Å². The van der Waals surface area contributed by atoms with Gasteiger partial charge in [0, 0.05) is 32.0 Å². The fraction of sp³-hybridized carbons (Fsp3) is 0.412. The molecule has 7 nitrogen and oxygen atoms in total. The van der Waals surface area contributed by atoms with Gasteiger partial charge in [-0.25, -0.2) is 9.78 Å². The van der Waals surface area contributed by atoms with E-state index in [1.54, 1.807) is 24.5 Å². The summed E-state index contributed by atoms with van der Waals surface area (Å²) in [4.78, 5) is 17.9. The van der Waals surface area contributed by atoms with E-state index < -0.39 is 0 Å². The Labute approximate surface area is 141 Å². The number of likely N-dealkylation sites (N-methyl/N-ethyl adjacent to an activating group) is 1. The molecule has 1 aliphatic heterocycles. The minimum Gasteiger partial charge on any atom is -0.486 e. The van der Waals surface area contributed by atoms with Gasteiger partial charge < -0.3 is 24.3 Å². The van der Waals surface area contributed by atoms with Crippen molar-refractivity contribution in [2.24, 2.45) is 0 Å². The second kappa shape index (κ2) is 7.25. The van der Waals surface area contributed by atoms with Crippen LogP contribution in [0, 0.1) is 0 Å². The van der Waals surface area contributed by atoms with Gasteiger partial charge in [0.2, 0.25) is 0 Å². The zero-order valence-electron chi connectivity index (χ0n) is 13.9. The number of amides is 2. The smallest absolute Gasteiger partial charge is 0.317 e. The van der Waals surface area contributed by atoms with Gasteiger partial charge in [0.25, 0.3) is 0 Å². The number of nitrogens with one attached hydrogen (secondary N) is 1. The molecule has 0 fully saturated rings. The van der Waals surface area contributed by atoms with E-state index in [2.05, 4.69) is 10.3 Å². The van der Waals surface area contributed by atoms with Gasteiger partial charge in [-0.1, -0.05) is 12.1 Å². The summed E-state index contributed by atoms with van der Waals surface area (Å²) in [6.07, 6.45) is 5.15. The molecule has 2 atom stereocenters. The van der Waals surface area contributed by atoms with E-state index in [1.807, 2.05) is 42.0 Å². The minimum atomic E-state index is -0.181. The molecule has 24 heavy (non-hydrogen) atoms. The quantitative estimate of drug-likeness (QED) is 0.907. The number of hydrogen-bond donors (Lipinski definition) is 1. The molecule has 0 radical (unpaired) electrons. The third kappa shape index (κ3) is 3.98. The summed E-state index contributed by atoms with van der Waals surface area (Å²) in [6, 6.07) is 7.42. The first-order valence-electron chi connectivity index (χ1n) is 7.97. The Morgan fingerprint density at radius 2 is 2.25 bits per heavy atom. The molecule has 3 rings (SSSR count). The molecule has 2 amide bonds. The highest BCUT2D eigenvalue weighted by Crippen LogP contribution is 2.30. The Morgan fingerprint density at radius 3 is 3.00 bits per heavy atom. The molecule has 1 N–H and O–H groups in total. The number of para-hydroxylation sites is 2. The number of imidazole rings is 1. The van der Waals surface area contributed by atoms with Crippen molar-refractivity contribution in [1.29, 1.82) is 0 Å². The second-order valence-corrected chi connectivity index (χ2v) is 5.99. The number of hydrogen-bond acceptors (Lipinski definition) is 4. The number of fused-ring (bicyclic) bond motifs is 1. The second-order valence-electron chi connectivity index (χ2n) is 5.99. The topological polar surface area (TPSA) is 68.6 Å². The molecule has 1 aliphatic rings. The van der Waals surface area contributed by atoms with Crippen LogP contribution in [0.4, 0.5) is 4.79 Å². The average molecular weight is 330 g/mol. The molecule has 0 aliphatic carbocycles. The molecule has 128 valence electrons. The van der Waals surface area contributed by atoms with E-state index in [4.69, 9.17) is 9.47 Å². The first-order valence-corrected chi connectivity index (χ1v) is 7.97. The maximum atomic E-state index is 12.3. The SMILES string of the molecule is C[C@H](Cn1ccnc1)NC(=O)N(C)C[C@H]1COc2ccccc2O1. The Bertz CT molecular complexity index is 674. The zero-order valence-corrected chi connectivity index (χ0v) is 13.9. The molecular weight excluding hydrogens is 308 g/mol. The van der Waals surface area contributed by atoms with Crippen LogP contribution in [0.3, 0.4) is 0 Å². The Hall–Kier alpha value is -2.70. The number of carbonyl (C=O) groups is 1. The molecule has 1 aromatic carbocycles. The van der Waals surface area contributed by atoms with Crippen molar-refractivity contribution in [2.45, 2.75) is 25.6 Å². The fourth-order valence-corrected chi connectivity index (χ4v) is 2.62. The number of benzene rings is 1. The van der Waals surface area contributed by atoms with Crippen LogP contribution in [0.2, 0.25) is 0 Å². The van der Waals surface area contributed by atoms with Crippen molar-refractivity contribution in [1.82, 2.24) is 19.8 Å². The molecule has 0 bridgehead atoms. The van der Waals surface area contributed by atoms with Crippen LogP contribution in [0.5, 0.6) is 11.5 Å². The van der Waals surface area contributed by atoms with Crippen LogP contribution in [-0.4, -0.2) is 52.8 Å². The van der Waals surface area contributed by atoms with Gasteiger partial charge in [-0.05, 0) is 19.1 Å². The number of nitrogens with zero attached hydrogens (tertiary/aromatic N) is 3. The fourth-order valence-electron chi connectivity index (χ4n) is 2.62. The number of rotatable bonds is 5. The lowest BCUT2D eigenvalue weighted by atomic mass is 10.2. The Balaban J connectivity index is 1.48. The molecular formula is C17H22N4O3. The number of carbonyl (C=O) groups excluding carboxylic acids is 1. The van der Waals surface area contributed by atoms with Crippen LogP contribution in [0.15, 0.2) is 43.0 Å². The van der Waals surface area contributed by atoms with Crippen LogP contribution < -0.4 is 14.8 Å². The van der Waals surface area contributed by atoms with Gasteiger partial charge in [0.05, 0.1) is 12.9 Å². The molecule has 0 unspecified atom stereocenters. The van der Waals surface area contributed by atoms with Crippen molar-refractivity contribution in [3.63, 3.8) is 0 Å². The van der Waals surface area contributed by atoms with E-state index in [0.717, 1.165) is 11.5 Å². The summed E-state index contributed by atoms with van der Waals surface area (Å²) < 4.78 is 13.5. The summed E-state index contributed by atoms with van der Waals surface area (Å²) in [5.74, 6) is 1.46. The first kappa shape index (κ1) is 16.2. The van der Waals surface area contributed by atoms with Crippen LogP contribution >= 0.6 is 0 Å². The largest absolute Gasteiger partial charge is 0.486 e. The Morgan fingerprint density at radius 1 is 1.46 bits per heavy atom. The van der Waals surface area contributed by atoms with E-state index in [9.17, 15) is 4.79 Å². The highest BCUT2D eigenvalue weighted by Gasteiger charge is 2.24. The van der Waals surface area contributed by atoms with E-state index in [-0.39, 0.29) is 18.2 Å². The maximum Gasteiger partial charge on any atom is 0.317 e. The highest BCUT2D eigenvalue weighted by molar-refractivity contribution is 5.74. The zero-order chi connectivity index (χ0) is 16.9. The third-order valence-electron chi connectivity index (χ3n) is 3.81. The van der Waals surface area contributed by atoms with Gasteiger partial charge in [-0.3, -0.25) is 0 Å². The minimum absolute atomic E-state index is 0.00148. The number of aromatic nitrogens is 2. The van der Waals surface area contributed by atoms with E-state index in [1.165, 1.54) is 0 Å². The average Bonchev–Trinajstić information content (AvgIpc) is 3.07. The van der Waals surface area contributed by atoms with Crippen molar-refractivity contribution in [3.8, 4) is 11.5 Å². The predicted octanol–water partition coefficient (Wildman–Crippen LogP) is 1.75. The van der Waals surface area contributed by atoms with Gasteiger partial charge in [0.15, 0.2) is 17.6 Å². The number of urea groups is 1. The molecule has 1 aromatic heterocycles. The maximum absolute atomic E-state index is 12.3. The third-order valence-corrected chi connectivity index (χ3v) is 3.81. The highest BCUT2D eigenvalue weighted by atomic mass is 16.6. The monoisotopic (exact) mass is 330 g/mol. The van der Waals surface area contributed by atoms with Gasteiger partial charge in [0.1, 0.15) is 6.61 Å². The molecule has 2 heterocycles. The first-order chi connectivity index (χ1) is 11.6. The van der Waals surface area contributed by atoms with Crippen LogP contribution in [0.1, 0.15) is 6.92 Å². The summed E-state index contributed by atoms with van der Waals surface area (Å²) in [5, 5.41) is 2.97. The summed E-state index contributed by atoms with van der Waals surface area (Å²) >= 11 is 0. The molecule has 0 saturated heterocycles. The van der Waals surface area contributed by atoms with Crippen molar-refractivity contribution < 1.29 is 14.3 Å². The summed E-state index contributed by atoms with van der Waals surface area (Å²) in [6.45, 7) is 3.52. The van der Waals surface area contributed by atoms with Crippen molar-refractivity contribution >= 4 is 6.03 Å². The predicted molar refractivity (Wildman–Crippen MR) is 89.2 cm³/mol. The normalized spacial score (nSPS) is 17.2. The lowest BCUT2D eigenvalue weighted by Gasteiger charge is -2.30. The molecule has 2 aromatic rings. The summed E-state index contributed by atoms with van der Waals surface area (Å²) in [7, 11) is 1.75. The number of ether oxygens (including phenoxy) is 2. The lowest BCUT2D eigenvalue weighted by Crippen LogP contribution is -2.48. The standard InChI is InChI=1S/C17H22N4O3/c1-13(9-21-8-7-18-12-21)19-17(22)20(2)10-14-11-23-15-5-3-4-6-16(15)24-14/h3-8,12-14H,9-11H2,1-2H3,(H,19,22)/t13-,14+/m1/s1. The van der Waals surface area contributed by atoms with Crippen LogP contribution in [-0.2, 0) is 6.54 Å². The molecule has 0 spiro atoms. The Kier molecular flexibility index (Phi) is 4.88. The lowest BCUT2D eigenvalue weighted by molar-refractivity contribution is 0.0712. The summed E-state index contributed by atoms with van der Waals surface area (Å²) in [5.41, 5.74) is 0. The van der Waals surface area contributed by atoms with Gasteiger partial charge >= 0.3 is 6.03 Å².